The zero-order chi connectivity index (χ0) is 34.8. The van der Waals surface area contributed by atoms with Crippen molar-refractivity contribution in [1.82, 2.24) is 14.7 Å². The zero-order valence-corrected chi connectivity index (χ0v) is 29.4. The maximum Gasteiger partial charge on any atom is 0.333 e. The average molecular weight is 702 g/mol. The van der Waals surface area contributed by atoms with E-state index in [0.717, 1.165) is 11.8 Å². The van der Waals surface area contributed by atoms with Gasteiger partial charge in [-0.05, 0) is 20.8 Å². The molecule has 6 heterocycles. The number of hydrogen-bond acceptors (Lipinski definition) is 13. The number of ether oxygens (including phenoxy) is 3. The van der Waals surface area contributed by atoms with Crippen LogP contribution in [0.3, 0.4) is 0 Å². The average Bonchev–Trinajstić information content (AvgIpc) is 3.61. The van der Waals surface area contributed by atoms with Crippen LogP contribution < -0.4 is 0 Å². The summed E-state index contributed by atoms with van der Waals surface area (Å²) in [6.07, 6.45) is 0. The minimum absolute atomic E-state index is 0.00796. The van der Waals surface area contributed by atoms with Crippen LogP contribution >= 0.6 is 35.3 Å². The van der Waals surface area contributed by atoms with Crippen LogP contribution in [0.4, 0.5) is 0 Å². The number of methoxy groups -OCH3 is 3. The van der Waals surface area contributed by atoms with E-state index in [-0.39, 0.29) is 62.3 Å². The molecule has 0 aromatic rings. The van der Waals surface area contributed by atoms with Gasteiger partial charge in [-0.2, -0.15) is 0 Å². The van der Waals surface area contributed by atoms with Crippen molar-refractivity contribution in [3.05, 3.63) is 11.5 Å². The van der Waals surface area contributed by atoms with Gasteiger partial charge in [0.25, 0.3) is 0 Å². The van der Waals surface area contributed by atoms with Crippen LogP contribution in [0.1, 0.15) is 41.5 Å². The molecule has 3 amide bonds. The molecule has 6 rings (SSSR count). The van der Waals surface area contributed by atoms with Crippen molar-refractivity contribution < 1.29 is 52.9 Å². The van der Waals surface area contributed by atoms with Crippen molar-refractivity contribution in [2.24, 2.45) is 17.8 Å². The van der Waals surface area contributed by atoms with Crippen molar-refractivity contribution in [1.29, 1.82) is 0 Å². The van der Waals surface area contributed by atoms with E-state index in [4.69, 9.17) is 4.74 Å². The number of thioether (sulfide) groups is 3. The lowest BCUT2D eigenvalue weighted by molar-refractivity contribution is -0.166. The lowest BCUT2D eigenvalue weighted by Crippen LogP contribution is -2.63. The second-order valence-electron chi connectivity index (χ2n) is 12.4. The smallest absolute Gasteiger partial charge is 0.333 e. The van der Waals surface area contributed by atoms with E-state index >= 15 is 0 Å². The summed E-state index contributed by atoms with van der Waals surface area (Å²) in [6.45, 7) is 14.7. The summed E-state index contributed by atoms with van der Waals surface area (Å²) in [6, 6.07) is -2.04. The van der Waals surface area contributed by atoms with Crippen molar-refractivity contribution >= 4 is 76.9 Å². The normalized spacial score (nSPS) is 37.5. The third-order valence-electron chi connectivity index (χ3n) is 9.12. The van der Waals surface area contributed by atoms with E-state index in [1.807, 2.05) is 27.7 Å². The molecule has 10 atom stereocenters. The first kappa shape index (κ1) is 35.9. The van der Waals surface area contributed by atoms with E-state index in [2.05, 4.69) is 16.1 Å². The topological polar surface area (TPSA) is 177 Å². The Kier molecular flexibility index (Phi) is 9.84. The molecule has 6 aliphatic rings. The summed E-state index contributed by atoms with van der Waals surface area (Å²) in [4.78, 5) is 86.1. The van der Waals surface area contributed by atoms with Gasteiger partial charge in [-0.3, -0.25) is 19.2 Å². The molecule has 6 saturated heterocycles. The molecular formula is C29H39N3O11S3. The maximum atomic E-state index is 11.7. The lowest BCUT2D eigenvalue weighted by Gasteiger charge is -2.42. The molecule has 17 heteroatoms. The molecule has 0 radical (unpaired) electrons. The quantitative estimate of drug-likeness (QED) is 0.253. The molecule has 254 valence electrons. The Morgan fingerprint density at radius 2 is 1.11 bits per heavy atom. The second-order valence-corrected chi connectivity index (χ2v) is 17.0. The van der Waals surface area contributed by atoms with Gasteiger partial charge < -0.3 is 34.0 Å². The highest BCUT2D eigenvalue weighted by molar-refractivity contribution is 8.04. The SMILES string of the molecule is C=C1SC2C(C)C(=O)N2C1C(=O)OC.COC(=O)C1N2C(=O)C(C)C2SC1(C)C.COC(=O)C1N2C(=O)C(C)C2SC1(C)C(=O)O. The fourth-order valence-corrected chi connectivity index (χ4v) is 10.9. The number of amides is 3. The van der Waals surface area contributed by atoms with Gasteiger partial charge in [0.2, 0.25) is 17.7 Å². The van der Waals surface area contributed by atoms with E-state index in [9.17, 15) is 38.7 Å². The Morgan fingerprint density at radius 1 is 0.696 bits per heavy atom. The molecule has 14 nitrogen and oxygen atoms in total. The van der Waals surface area contributed by atoms with Gasteiger partial charge in [0.05, 0.1) is 55.2 Å². The first-order chi connectivity index (χ1) is 21.3. The maximum absolute atomic E-state index is 11.7. The Bertz CT molecular complexity index is 1390. The third-order valence-corrected chi connectivity index (χ3v) is 14.0. The molecule has 6 aliphatic heterocycles. The van der Waals surface area contributed by atoms with E-state index < -0.39 is 40.8 Å². The van der Waals surface area contributed by atoms with Gasteiger partial charge in [0, 0.05) is 9.65 Å². The molecule has 1 N–H and O–H groups in total. The molecule has 0 aromatic heterocycles. The molecule has 0 bridgehead atoms. The summed E-state index contributed by atoms with van der Waals surface area (Å²) in [5.41, 5.74) is 0. The van der Waals surface area contributed by atoms with Crippen LogP contribution in [0.2, 0.25) is 0 Å². The fraction of sp³-hybridized carbons (Fsp3) is 0.690. The van der Waals surface area contributed by atoms with Gasteiger partial charge in [0.15, 0.2) is 12.1 Å². The highest BCUT2D eigenvalue weighted by Crippen LogP contribution is 2.54. The Labute approximate surface area is 279 Å². The van der Waals surface area contributed by atoms with Crippen LogP contribution in [0.5, 0.6) is 0 Å². The molecule has 10 unspecified atom stereocenters. The molecule has 0 aliphatic carbocycles. The van der Waals surface area contributed by atoms with Crippen LogP contribution in [0.25, 0.3) is 0 Å². The Hall–Kier alpha value is -2.92. The number of carboxylic acids is 1. The number of carbonyl (C=O) groups excluding carboxylic acids is 6. The van der Waals surface area contributed by atoms with Gasteiger partial charge in [0.1, 0.15) is 10.8 Å². The van der Waals surface area contributed by atoms with Gasteiger partial charge >= 0.3 is 23.9 Å². The van der Waals surface area contributed by atoms with Crippen molar-refractivity contribution in [2.75, 3.05) is 21.3 Å². The Morgan fingerprint density at radius 3 is 1.59 bits per heavy atom. The number of carbonyl (C=O) groups is 7. The summed E-state index contributed by atoms with van der Waals surface area (Å²) in [5.74, 6) is -2.82. The molecule has 46 heavy (non-hydrogen) atoms. The lowest BCUT2D eigenvalue weighted by atomic mass is 9.92. The predicted octanol–water partition coefficient (Wildman–Crippen LogP) is 1.37. The van der Waals surface area contributed by atoms with Crippen molar-refractivity contribution in [3.8, 4) is 0 Å². The molecule has 0 spiro atoms. The Balaban J connectivity index is 0.000000157. The number of carboxylic acid groups (broad SMARTS) is 1. The summed E-state index contributed by atoms with van der Waals surface area (Å²) < 4.78 is 12.4. The minimum atomic E-state index is -1.34. The van der Waals surface area contributed by atoms with Gasteiger partial charge in [-0.25, -0.2) is 14.4 Å². The first-order valence-corrected chi connectivity index (χ1v) is 17.1. The summed E-state index contributed by atoms with van der Waals surface area (Å²) in [5, 5.41) is 9.25. The monoisotopic (exact) mass is 701 g/mol. The predicted molar refractivity (Wildman–Crippen MR) is 169 cm³/mol. The largest absolute Gasteiger partial charge is 0.480 e. The number of esters is 3. The highest BCUT2D eigenvalue weighted by Gasteiger charge is 2.67. The second kappa shape index (κ2) is 12.6. The standard InChI is InChI=1S/C10H13NO5S.C10H15NO3S.C9H11NO3S/c1-4-6(12)11-5(8(13)16-3)10(2,9(14)15)17-7(4)11;1-5-7(12)11-6(9(13)14-4)10(2,3)15-8(5)11;1-4-7(11)10-6(9(12)13-3)5(2)14-8(4)10/h4-5,7H,1-3H3,(H,14,15);5-6,8H,1-4H3;4,6,8H,2H2,1,3H3. The molecule has 0 aromatic carbocycles. The number of fused-ring (bicyclic) bond motifs is 3. The van der Waals surface area contributed by atoms with Crippen LogP contribution in [-0.2, 0) is 47.8 Å². The number of nitrogens with zero attached hydrogens (tertiary/aromatic N) is 3. The highest BCUT2D eigenvalue weighted by atomic mass is 32.2. The van der Waals surface area contributed by atoms with E-state index in [1.165, 1.54) is 44.9 Å². The van der Waals surface area contributed by atoms with Crippen LogP contribution in [0, 0.1) is 17.8 Å². The number of aliphatic carboxylic acids is 1. The molecular weight excluding hydrogens is 663 g/mol. The van der Waals surface area contributed by atoms with E-state index in [0.29, 0.717) is 4.91 Å². The van der Waals surface area contributed by atoms with E-state index in [1.54, 1.807) is 28.5 Å². The van der Waals surface area contributed by atoms with Gasteiger partial charge in [-0.15, -0.1) is 35.3 Å². The van der Waals surface area contributed by atoms with Crippen molar-refractivity contribution in [3.63, 3.8) is 0 Å². The minimum Gasteiger partial charge on any atom is -0.480 e. The summed E-state index contributed by atoms with van der Waals surface area (Å²) >= 11 is 4.31. The van der Waals surface area contributed by atoms with Crippen LogP contribution in [-0.4, -0.2) is 126 Å². The number of β-lactam (4-membered cyclic amide) rings is 3. The third kappa shape index (κ3) is 5.35. The fourth-order valence-electron chi connectivity index (χ4n) is 6.37. The zero-order valence-electron chi connectivity index (χ0n) is 27.0. The number of rotatable bonds is 4. The van der Waals surface area contributed by atoms with Gasteiger partial charge in [-0.1, -0.05) is 27.4 Å². The number of hydrogen-bond donors (Lipinski definition) is 1. The first-order valence-electron chi connectivity index (χ1n) is 14.5. The molecule has 6 fully saturated rings. The van der Waals surface area contributed by atoms with Crippen molar-refractivity contribution in [2.45, 2.75) is 85.3 Å². The summed E-state index contributed by atoms with van der Waals surface area (Å²) in [7, 11) is 3.88. The molecule has 0 saturated carbocycles. The van der Waals surface area contributed by atoms with Crippen LogP contribution in [0.15, 0.2) is 11.5 Å².